The number of hydrogen-bond acceptors (Lipinski definition) is 7. The van der Waals surface area contributed by atoms with Crippen molar-refractivity contribution in [1.29, 1.82) is 0 Å². The molecular weight excluding hydrogens is 494 g/mol. The lowest BCUT2D eigenvalue weighted by Gasteiger charge is -2.23. The van der Waals surface area contributed by atoms with Gasteiger partial charge in [-0.1, -0.05) is 25.1 Å². The number of nitrogens with one attached hydrogen (secondary N) is 2. The van der Waals surface area contributed by atoms with Crippen LogP contribution in [0.2, 0.25) is 0 Å². The highest BCUT2D eigenvalue weighted by Crippen LogP contribution is 2.33. The summed E-state index contributed by atoms with van der Waals surface area (Å²) in [6, 6.07) is 16.2. The Balaban J connectivity index is 1.13. The third-order valence-electron chi connectivity index (χ3n) is 7.07. The van der Waals surface area contributed by atoms with E-state index in [0.29, 0.717) is 11.7 Å². The van der Waals surface area contributed by atoms with Crippen molar-refractivity contribution >= 4 is 39.0 Å². The van der Waals surface area contributed by atoms with E-state index >= 15 is 0 Å². The molecule has 0 saturated carbocycles. The first-order valence-electron chi connectivity index (χ1n) is 13.4. The van der Waals surface area contributed by atoms with Gasteiger partial charge in [0.1, 0.15) is 5.75 Å². The van der Waals surface area contributed by atoms with Crippen molar-refractivity contribution in [2.24, 2.45) is 0 Å². The van der Waals surface area contributed by atoms with E-state index in [1.54, 1.807) is 7.11 Å². The fourth-order valence-corrected chi connectivity index (χ4v) is 5.76. The van der Waals surface area contributed by atoms with Crippen molar-refractivity contribution in [3.8, 4) is 17.0 Å². The second-order valence-corrected chi connectivity index (χ2v) is 10.5. The number of carbonyl (C=O) groups excluding carboxylic acids is 1. The van der Waals surface area contributed by atoms with Crippen LogP contribution in [-0.4, -0.2) is 54.1 Å². The van der Waals surface area contributed by atoms with Gasteiger partial charge in [-0.3, -0.25) is 14.7 Å². The van der Waals surface area contributed by atoms with Crippen LogP contribution >= 0.6 is 11.3 Å². The minimum Gasteiger partial charge on any atom is -0.497 e. The highest BCUT2D eigenvalue weighted by atomic mass is 32.1. The number of pyridine rings is 1. The van der Waals surface area contributed by atoms with E-state index in [-0.39, 0.29) is 5.91 Å². The number of ether oxygens (including phenoxy) is 1. The molecule has 2 N–H and O–H groups in total. The maximum absolute atomic E-state index is 12.7. The molecular formula is C30H35N5O2S. The molecule has 198 valence electrons. The van der Waals surface area contributed by atoms with Gasteiger partial charge in [-0.05, 0) is 74.5 Å². The van der Waals surface area contributed by atoms with Crippen LogP contribution in [0.4, 0.5) is 10.8 Å². The third-order valence-corrected chi connectivity index (χ3v) is 7.83. The summed E-state index contributed by atoms with van der Waals surface area (Å²) in [6.45, 7) is 4.96. The Labute approximate surface area is 228 Å². The lowest BCUT2D eigenvalue weighted by atomic mass is 9.92. The summed E-state index contributed by atoms with van der Waals surface area (Å²) in [4.78, 5) is 24.4. The van der Waals surface area contributed by atoms with Crippen molar-refractivity contribution in [2.45, 2.75) is 39.0 Å². The fraction of sp³-hybridized carbons (Fsp3) is 0.367. The van der Waals surface area contributed by atoms with Crippen LogP contribution in [-0.2, 0) is 17.6 Å². The molecule has 2 aromatic carbocycles. The van der Waals surface area contributed by atoms with E-state index in [2.05, 4.69) is 51.7 Å². The summed E-state index contributed by atoms with van der Waals surface area (Å²) < 4.78 is 5.22. The fourth-order valence-electron chi connectivity index (χ4n) is 5.03. The van der Waals surface area contributed by atoms with E-state index in [9.17, 15) is 4.79 Å². The standard InChI is InChI=1S/C30H35N5O2S/c1-3-35(19-28(36)34-30-33-27(20-38-30)21-13-15-22(37-2)16-14-21)18-8-17-31-29-23-9-4-6-11-25(23)32-26-12-7-5-10-24(26)29/h4,6,9,11,13-16,20H,3,5,7-8,10,12,17-19H2,1-2H3,(H,31,32)(H,33,34,36). The average Bonchev–Trinajstić information content (AvgIpc) is 3.42. The van der Waals surface area contributed by atoms with E-state index in [0.717, 1.165) is 61.4 Å². The van der Waals surface area contributed by atoms with E-state index in [1.165, 1.54) is 46.5 Å². The van der Waals surface area contributed by atoms with Crippen LogP contribution in [0.15, 0.2) is 53.9 Å². The van der Waals surface area contributed by atoms with Gasteiger partial charge in [-0.2, -0.15) is 0 Å². The number of aromatic nitrogens is 2. The van der Waals surface area contributed by atoms with Gasteiger partial charge in [0.15, 0.2) is 5.13 Å². The third kappa shape index (κ3) is 6.14. The van der Waals surface area contributed by atoms with Crippen LogP contribution in [0.1, 0.15) is 37.4 Å². The SMILES string of the molecule is CCN(CCCNc1c2c(nc3ccccc13)CCCC2)CC(=O)Nc1nc(-c2ccc(OC)cc2)cs1. The number of hydrogen-bond donors (Lipinski definition) is 2. The van der Waals surface area contributed by atoms with E-state index in [1.807, 2.05) is 29.6 Å². The summed E-state index contributed by atoms with van der Waals surface area (Å²) in [5.41, 5.74) is 6.80. The maximum Gasteiger partial charge on any atom is 0.240 e. The summed E-state index contributed by atoms with van der Waals surface area (Å²) in [7, 11) is 1.65. The number of para-hydroxylation sites is 1. The van der Waals surface area contributed by atoms with Crippen molar-refractivity contribution in [1.82, 2.24) is 14.9 Å². The molecule has 0 fully saturated rings. The predicted molar refractivity (Wildman–Crippen MR) is 156 cm³/mol. The number of benzene rings is 2. The average molecular weight is 530 g/mol. The molecule has 7 nitrogen and oxygen atoms in total. The predicted octanol–water partition coefficient (Wildman–Crippen LogP) is 6.01. The highest BCUT2D eigenvalue weighted by Gasteiger charge is 2.18. The zero-order chi connectivity index (χ0) is 26.3. The minimum absolute atomic E-state index is 0.0374. The molecule has 38 heavy (non-hydrogen) atoms. The molecule has 0 radical (unpaired) electrons. The molecule has 0 aliphatic heterocycles. The van der Waals surface area contributed by atoms with E-state index < -0.39 is 0 Å². The van der Waals surface area contributed by atoms with E-state index in [4.69, 9.17) is 9.72 Å². The second kappa shape index (κ2) is 12.4. The lowest BCUT2D eigenvalue weighted by molar-refractivity contribution is -0.117. The van der Waals surface area contributed by atoms with Crippen LogP contribution in [0, 0.1) is 0 Å². The minimum atomic E-state index is -0.0374. The highest BCUT2D eigenvalue weighted by molar-refractivity contribution is 7.14. The van der Waals surface area contributed by atoms with Crippen molar-refractivity contribution < 1.29 is 9.53 Å². The van der Waals surface area contributed by atoms with Gasteiger partial charge in [0.25, 0.3) is 0 Å². The van der Waals surface area contributed by atoms with Gasteiger partial charge >= 0.3 is 0 Å². The molecule has 1 aliphatic carbocycles. The van der Waals surface area contributed by atoms with Gasteiger partial charge in [-0.15, -0.1) is 11.3 Å². The molecule has 1 amide bonds. The number of rotatable bonds is 11. The summed E-state index contributed by atoms with van der Waals surface area (Å²) in [5, 5.41) is 10.5. The Hall–Kier alpha value is -3.49. The topological polar surface area (TPSA) is 79.4 Å². The smallest absolute Gasteiger partial charge is 0.240 e. The van der Waals surface area contributed by atoms with Crippen molar-refractivity contribution in [3.05, 3.63) is 65.2 Å². The number of amides is 1. The zero-order valence-corrected chi connectivity index (χ0v) is 22.9. The van der Waals surface area contributed by atoms with Gasteiger partial charge in [-0.25, -0.2) is 4.98 Å². The Morgan fingerprint density at radius 2 is 1.89 bits per heavy atom. The normalized spacial score (nSPS) is 12.9. The summed E-state index contributed by atoms with van der Waals surface area (Å²) in [6.07, 6.45) is 5.55. The van der Waals surface area contributed by atoms with Gasteiger partial charge in [0.2, 0.25) is 5.91 Å². The molecule has 4 aromatic rings. The second-order valence-electron chi connectivity index (χ2n) is 9.60. The van der Waals surface area contributed by atoms with Crippen molar-refractivity contribution in [2.75, 3.05) is 43.9 Å². The summed E-state index contributed by atoms with van der Waals surface area (Å²) in [5.74, 6) is 0.769. The van der Waals surface area contributed by atoms with Gasteiger partial charge in [0.05, 0.1) is 24.9 Å². The molecule has 2 aromatic heterocycles. The first-order chi connectivity index (χ1) is 18.6. The monoisotopic (exact) mass is 529 g/mol. The number of likely N-dealkylation sites (N-methyl/N-ethyl adjacent to an activating group) is 1. The molecule has 0 atom stereocenters. The first-order valence-corrected chi connectivity index (χ1v) is 14.3. The molecule has 2 heterocycles. The molecule has 8 heteroatoms. The molecule has 0 unspecified atom stereocenters. The number of methoxy groups -OCH3 is 1. The van der Waals surface area contributed by atoms with Gasteiger partial charge < -0.3 is 15.4 Å². The van der Waals surface area contributed by atoms with Crippen LogP contribution in [0.25, 0.3) is 22.2 Å². The maximum atomic E-state index is 12.7. The Morgan fingerprint density at radius 1 is 1.08 bits per heavy atom. The zero-order valence-electron chi connectivity index (χ0n) is 22.1. The van der Waals surface area contributed by atoms with Crippen molar-refractivity contribution in [3.63, 3.8) is 0 Å². The molecule has 1 aliphatic rings. The molecule has 0 spiro atoms. The Morgan fingerprint density at radius 3 is 2.71 bits per heavy atom. The first kappa shape index (κ1) is 26.1. The van der Waals surface area contributed by atoms with Crippen LogP contribution in [0.5, 0.6) is 5.75 Å². The number of thiazole rings is 1. The van der Waals surface area contributed by atoms with Crippen LogP contribution < -0.4 is 15.4 Å². The molecule has 0 bridgehead atoms. The number of aryl methyl sites for hydroxylation is 1. The Bertz CT molecular complexity index is 1390. The van der Waals surface area contributed by atoms with Crippen LogP contribution in [0.3, 0.4) is 0 Å². The Kier molecular flexibility index (Phi) is 8.51. The number of anilines is 2. The lowest BCUT2D eigenvalue weighted by Crippen LogP contribution is -2.34. The quantitative estimate of drug-likeness (QED) is 0.232. The van der Waals surface area contributed by atoms with Gasteiger partial charge in [0, 0.05) is 40.8 Å². The number of fused-ring (bicyclic) bond motifs is 2. The largest absolute Gasteiger partial charge is 0.497 e. The number of carbonyl (C=O) groups is 1. The molecule has 0 saturated heterocycles. The summed E-state index contributed by atoms with van der Waals surface area (Å²) >= 11 is 1.44. The molecule has 5 rings (SSSR count). The number of nitrogens with zero attached hydrogens (tertiary/aromatic N) is 3.